The van der Waals surface area contributed by atoms with Crippen LogP contribution < -0.4 is 5.73 Å². The lowest BCUT2D eigenvalue weighted by Gasteiger charge is -2.41. The van der Waals surface area contributed by atoms with Gasteiger partial charge in [-0.3, -0.25) is 14.5 Å². The number of amides is 2. The zero-order valence-electron chi connectivity index (χ0n) is 16.6. The quantitative estimate of drug-likeness (QED) is 0.819. The van der Waals surface area contributed by atoms with E-state index in [1.54, 1.807) is 0 Å². The Kier molecular flexibility index (Phi) is 6.23. The van der Waals surface area contributed by atoms with E-state index in [2.05, 4.69) is 18.7 Å². The lowest BCUT2D eigenvalue weighted by atomic mass is 9.81. The molecule has 2 heterocycles. The van der Waals surface area contributed by atoms with Crippen molar-refractivity contribution in [2.45, 2.75) is 57.9 Å². The summed E-state index contributed by atoms with van der Waals surface area (Å²) in [7, 11) is 0. The number of likely N-dealkylation sites (tertiary alicyclic amines) is 1. The van der Waals surface area contributed by atoms with Gasteiger partial charge in [0.2, 0.25) is 11.8 Å². The van der Waals surface area contributed by atoms with Gasteiger partial charge in [0.1, 0.15) is 0 Å². The first-order chi connectivity index (χ1) is 12.4. The molecule has 148 valence electrons. The van der Waals surface area contributed by atoms with Gasteiger partial charge in [-0.15, -0.1) is 0 Å². The molecular formula is C20H36N4O2. The molecule has 0 spiro atoms. The van der Waals surface area contributed by atoms with E-state index in [1.165, 1.54) is 12.8 Å². The summed E-state index contributed by atoms with van der Waals surface area (Å²) in [6, 6.07) is 0. The van der Waals surface area contributed by atoms with Gasteiger partial charge in [-0.2, -0.15) is 0 Å². The van der Waals surface area contributed by atoms with Crippen LogP contribution in [-0.4, -0.2) is 77.9 Å². The Bertz CT molecular complexity index is 500. The third-order valence-corrected chi connectivity index (χ3v) is 6.41. The Hall–Kier alpha value is -1.14. The van der Waals surface area contributed by atoms with Crippen molar-refractivity contribution in [3.05, 3.63) is 0 Å². The highest BCUT2D eigenvalue weighted by Crippen LogP contribution is 2.28. The second kappa shape index (κ2) is 8.26. The molecule has 1 aliphatic carbocycles. The van der Waals surface area contributed by atoms with E-state index in [4.69, 9.17) is 5.73 Å². The van der Waals surface area contributed by atoms with Gasteiger partial charge >= 0.3 is 0 Å². The molecule has 2 unspecified atom stereocenters. The Morgan fingerprint density at radius 1 is 0.923 bits per heavy atom. The first-order valence-electron chi connectivity index (χ1n) is 10.5. The summed E-state index contributed by atoms with van der Waals surface area (Å²) in [6.45, 7) is 9.64. The van der Waals surface area contributed by atoms with Crippen LogP contribution in [0.1, 0.15) is 52.4 Å². The van der Waals surface area contributed by atoms with Crippen LogP contribution in [0.15, 0.2) is 0 Å². The molecule has 0 radical (unpaired) electrons. The number of hydrogen-bond acceptors (Lipinski definition) is 4. The molecule has 1 saturated carbocycles. The predicted octanol–water partition coefficient (Wildman–Crippen LogP) is 1.30. The Morgan fingerprint density at radius 3 is 2.08 bits per heavy atom. The highest BCUT2D eigenvalue weighted by atomic mass is 16.2. The molecule has 2 N–H and O–H groups in total. The molecule has 26 heavy (non-hydrogen) atoms. The first kappa shape index (κ1) is 19.6. The van der Waals surface area contributed by atoms with E-state index in [0.717, 1.165) is 51.9 Å². The number of piperidine rings is 1. The molecule has 3 rings (SSSR count). The zero-order valence-corrected chi connectivity index (χ0v) is 16.6. The highest BCUT2D eigenvalue weighted by molar-refractivity contribution is 5.86. The second-order valence-electron chi connectivity index (χ2n) is 9.03. The van der Waals surface area contributed by atoms with Crippen LogP contribution in [0.2, 0.25) is 0 Å². The number of nitrogens with two attached hydrogens (primary N) is 1. The molecule has 6 nitrogen and oxygen atoms in total. The van der Waals surface area contributed by atoms with Gasteiger partial charge in [0.05, 0.1) is 12.1 Å². The minimum Gasteiger partial charge on any atom is -0.341 e. The van der Waals surface area contributed by atoms with Crippen LogP contribution in [-0.2, 0) is 9.59 Å². The van der Waals surface area contributed by atoms with Crippen molar-refractivity contribution < 1.29 is 9.59 Å². The van der Waals surface area contributed by atoms with Crippen molar-refractivity contribution in [1.29, 1.82) is 0 Å². The maximum atomic E-state index is 12.8. The topological polar surface area (TPSA) is 69.9 Å². The van der Waals surface area contributed by atoms with Gasteiger partial charge in [0.15, 0.2) is 0 Å². The Balaban J connectivity index is 1.46. The van der Waals surface area contributed by atoms with Gasteiger partial charge in [-0.25, -0.2) is 0 Å². The van der Waals surface area contributed by atoms with Crippen molar-refractivity contribution in [1.82, 2.24) is 14.7 Å². The average Bonchev–Trinajstić information content (AvgIpc) is 2.61. The lowest BCUT2D eigenvalue weighted by molar-refractivity contribution is -0.141. The van der Waals surface area contributed by atoms with E-state index in [9.17, 15) is 9.59 Å². The van der Waals surface area contributed by atoms with Gasteiger partial charge < -0.3 is 15.5 Å². The molecule has 3 aliphatic rings. The summed E-state index contributed by atoms with van der Waals surface area (Å²) in [5.74, 6) is 1.55. The predicted molar refractivity (Wildman–Crippen MR) is 103 cm³/mol. The number of nitrogens with zero attached hydrogens (tertiary/aromatic N) is 3. The minimum atomic E-state index is -0.643. The second-order valence-corrected chi connectivity index (χ2v) is 9.03. The van der Waals surface area contributed by atoms with Crippen LogP contribution in [0.3, 0.4) is 0 Å². The van der Waals surface area contributed by atoms with E-state index in [1.807, 2.05) is 9.80 Å². The number of carbonyl (C=O) groups excluding carboxylic acids is 2. The Labute approximate surface area is 158 Å². The van der Waals surface area contributed by atoms with Crippen LogP contribution in [0, 0.1) is 11.8 Å². The summed E-state index contributed by atoms with van der Waals surface area (Å²) in [5.41, 5.74) is 5.76. The molecular weight excluding hydrogens is 328 g/mol. The lowest BCUT2D eigenvalue weighted by Crippen LogP contribution is -2.60. The molecule has 2 aliphatic heterocycles. The molecule has 0 aromatic carbocycles. The largest absolute Gasteiger partial charge is 0.341 e. The Morgan fingerprint density at radius 2 is 1.50 bits per heavy atom. The molecule has 6 heteroatoms. The summed E-state index contributed by atoms with van der Waals surface area (Å²) < 4.78 is 0. The van der Waals surface area contributed by atoms with Gasteiger partial charge in [0.25, 0.3) is 0 Å². The summed E-state index contributed by atoms with van der Waals surface area (Å²) in [4.78, 5) is 31.6. The van der Waals surface area contributed by atoms with E-state index < -0.39 is 5.54 Å². The maximum absolute atomic E-state index is 12.8. The fraction of sp³-hybridized carbons (Fsp3) is 0.900. The van der Waals surface area contributed by atoms with E-state index in [0.29, 0.717) is 31.5 Å². The number of carbonyl (C=O) groups is 2. The molecule has 2 saturated heterocycles. The molecule has 0 bridgehead atoms. The fourth-order valence-corrected chi connectivity index (χ4v) is 4.98. The van der Waals surface area contributed by atoms with Gasteiger partial charge in [-0.05, 0) is 31.1 Å². The SMILES string of the molecule is CC1CC(C)CN(C(=O)CN2CCN(C(=O)C3(N)CCCCC3)CC2)C1. The van der Waals surface area contributed by atoms with E-state index in [-0.39, 0.29) is 11.8 Å². The number of rotatable bonds is 3. The van der Waals surface area contributed by atoms with Crippen molar-refractivity contribution in [3.63, 3.8) is 0 Å². The normalized spacial score (nSPS) is 30.3. The van der Waals surface area contributed by atoms with Gasteiger partial charge in [0, 0.05) is 39.3 Å². The fourth-order valence-electron chi connectivity index (χ4n) is 4.98. The van der Waals surface area contributed by atoms with E-state index >= 15 is 0 Å². The number of hydrogen-bond donors (Lipinski definition) is 1. The standard InChI is InChI=1S/C20H36N4O2/c1-16-12-17(2)14-24(13-16)18(25)15-22-8-10-23(11-9-22)19(26)20(21)6-4-3-5-7-20/h16-17H,3-15,21H2,1-2H3. The summed E-state index contributed by atoms with van der Waals surface area (Å²) in [5, 5.41) is 0. The third kappa shape index (κ3) is 4.58. The van der Waals surface area contributed by atoms with Crippen LogP contribution in [0.25, 0.3) is 0 Å². The summed E-state index contributed by atoms with van der Waals surface area (Å²) in [6.07, 6.45) is 6.15. The minimum absolute atomic E-state index is 0.127. The molecule has 3 fully saturated rings. The monoisotopic (exact) mass is 364 g/mol. The molecule has 2 atom stereocenters. The third-order valence-electron chi connectivity index (χ3n) is 6.41. The van der Waals surface area contributed by atoms with Crippen molar-refractivity contribution in [2.75, 3.05) is 45.8 Å². The van der Waals surface area contributed by atoms with Crippen molar-refractivity contribution in [2.24, 2.45) is 17.6 Å². The van der Waals surface area contributed by atoms with Crippen LogP contribution in [0.5, 0.6) is 0 Å². The van der Waals surface area contributed by atoms with Crippen LogP contribution >= 0.6 is 0 Å². The molecule has 0 aromatic heterocycles. The van der Waals surface area contributed by atoms with Gasteiger partial charge in [-0.1, -0.05) is 33.1 Å². The number of piperazine rings is 1. The smallest absolute Gasteiger partial charge is 0.242 e. The van der Waals surface area contributed by atoms with Crippen molar-refractivity contribution >= 4 is 11.8 Å². The maximum Gasteiger partial charge on any atom is 0.242 e. The van der Waals surface area contributed by atoms with Crippen LogP contribution in [0.4, 0.5) is 0 Å². The highest BCUT2D eigenvalue weighted by Gasteiger charge is 2.39. The van der Waals surface area contributed by atoms with Crippen molar-refractivity contribution in [3.8, 4) is 0 Å². The molecule has 0 aromatic rings. The summed E-state index contributed by atoms with van der Waals surface area (Å²) >= 11 is 0. The zero-order chi connectivity index (χ0) is 18.7. The first-order valence-corrected chi connectivity index (χ1v) is 10.5. The molecule has 2 amide bonds. The average molecular weight is 365 g/mol.